The second-order valence-corrected chi connectivity index (χ2v) is 5.66. The van der Waals surface area contributed by atoms with Crippen LogP contribution in [-0.2, 0) is 13.6 Å². The van der Waals surface area contributed by atoms with Crippen molar-refractivity contribution < 1.29 is 14.1 Å². The molecule has 0 saturated heterocycles. The predicted octanol–water partition coefficient (Wildman–Crippen LogP) is 2.89. The van der Waals surface area contributed by atoms with Crippen molar-refractivity contribution in [2.45, 2.75) is 6.54 Å². The van der Waals surface area contributed by atoms with Crippen LogP contribution >= 0.6 is 0 Å². The zero-order valence-electron chi connectivity index (χ0n) is 13.6. The van der Waals surface area contributed by atoms with Crippen molar-refractivity contribution in [1.82, 2.24) is 14.5 Å². The first kappa shape index (κ1) is 16.6. The average molecular weight is 342 g/mol. The van der Waals surface area contributed by atoms with Gasteiger partial charge in [0.25, 0.3) is 11.6 Å². The number of hydrogen-bond donors (Lipinski definition) is 0. The molecule has 0 unspecified atom stereocenters. The molecule has 0 atom stereocenters. The fourth-order valence-corrected chi connectivity index (χ4v) is 2.62. The van der Waals surface area contributed by atoms with Crippen molar-refractivity contribution in [1.29, 1.82) is 0 Å². The Morgan fingerprint density at radius 3 is 2.68 bits per heavy atom. The van der Waals surface area contributed by atoms with E-state index < -0.39 is 22.3 Å². The number of halogens is 1. The number of fused-ring (bicyclic) bond motifs is 1. The van der Waals surface area contributed by atoms with E-state index in [9.17, 15) is 19.3 Å². The smallest absolute Gasteiger partial charge is 0.272 e. The molecule has 0 saturated carbocycles. The summed E-state index contributed by atoms with van der Waals surface area (Å²) in [7, 11) is 3.37. The molecule has 1 heterocycles. The first-order chi connectivity index (χ1) is 11.9. The number of amides is 1. The van der Waals surface area contributed by atoms with Crippen LogP contribution in [0.5, 0.6) is 0 Å². The largest absolute Gasteiger partial charge is 0.334 e. The first-order valence-corrected chi connectivity index (χ1v) is 7.48. The molecule has 0 aliphatic carbocycles. The fourth-order valence-electron chi connectivity index (χ4n) is 2.62. The van der Waals surface area contributed by atoms with Crippen LogP contribution in [0.25, 0.3) is 11.0 Å². The number of rotatable bonds is 4. The van der Waals surface area contributed by atoms with Gasteiger partial charge in [-0.15, -0.1) is 0 Å². The Morgan fingerprint density at radius 2 is 2.04 bits per heavy atom. The van der Waals surface area contributed by atoms with Crippen LogP contribution < -0.4 is 0 Å². The maximum Gasteiger partial charge on any atom is 0.272 e. The van der Waals surface area contributed by atoms with Crippen molar-refractivity contribution in [2.24, 2.45) is 7.05 Å². The van der Waals surface area contributed by atoms with Crippen molar-refractivity contribution >= 4 is 22.6 Å². The minimum atomic E-state index is -0.920. The summed E-state index contributed by atoms with van der Waals surface area (Å²) in [5.41, 5.74) is 1.13. The van der Waals surface area contributed by atoms with Crippen LogP contribution in [0.15, 0.2) is 42.5 Å². The summed E-state index contributed by atoms with van der Waals surface area (Å²) >= 11 is 0. The van der Waals surface area contributed by atoms with Gasteiger partial charge in [-0.2, -0.15) is 0 Å². The summed E-state index contributed by atoms with van der Waals surface area (Å²) in [6.45, 7) is 0.181. The van der Waals surface area contributed by atoms with Gasteiger partial charge in [-0.3, -0.25) is 14.9 Å². The lowest BCUT2D eigenvalue weighted by Gasteiger charge is -2.17. The molecular formula is C17H15FN4O3. The number of carbonyl (C=O) groups excluding carboxylic acids is 1. The molecular weight excluding hydrogens is 327 g/mol. The van der Waals surface area contributed by atoms with Crippen molar-refractivity contribution in [3.63, 3.8) is 0 Å². The average Bonchev–Trinajstić information content (AvgIpc) is 2.90. The van der Waals surface area contributed by atoms with E-state index >= 15 is 0 Å². The molecule has 7 nitrogen and oxygen atoms in total. The van der Waals surface area contributed by atoms with E-state index in [0.717, 1.165) is 29.2 Å². The lowest BCUT2D eigenvalue weighted by atomic mass is 10.1. The van der Waals surface area contributed by atoms with Gasteiger partial charge in [0, 0.05) is 20.2 Å². The third-order valence-electron chi connectivity index (χ3n) is 4.00. The quantitative estimate of drug-likeness (QED) is 0.539. The second-order valence-electron chi connectivity index (χ2n) is 5.66. The molecule has 128 valence electrons. The maximum absolute atomic E-state index is 14.0. The van der Waals surface area contributed by atoms with Crippen LogP contribution in [0.1, 0.15) is 16.2 Å². The van der Waals surface area contributed by atoms with Gasteiger partial charge < -0.3 is 9.47 Å². The van der Waals surface area contributed by atoms with E-state index in [1.54, 1.807) is 0 Å². The molecule has 2 aromatic carbocycles. The number of hydrogen-bond acceptors (Lipinski definition) is 4. The van der Waals surface area contributed by atoms with Gasteiger partial charge in [0.05, 0.1) is 34.1 Å². The SMILES string of the molecule is CN(Cc1nc2ccccc2n1C)C(=O)c1ccc([N+](=O)[O-])cc1F. The number of imidazole rings is 1. The van der Waals surface area contributed by atoms with Crippen LogP contribution in [0, 0.1) is 15.9 Å². The molecule has 0 bridgehead atoms. The summed E-state index contributed by atoms with van der Waals surface area (Å²) < 4.78 is 15.9. The highest BCUT2D eigenvalue weighted by Crippen LogP contribution is 2.19. The molecule has 0 N–H and O–H groups in total. The number of benzene rings is 2. The van der Waals surface area contributed by atoms with Gasteiger partial charge in [0.2, 0.25) is 0 Å². The number of nitro groups is 1. The first-order valence-electron chi connectivity index (χ1n) is 7.48. The van der Waals surface area contributed by atoms with E-state index in [1.807, 2.05) is 35.9 Å². The number of nitrogens with zero attached hydrogens (tertiary/aromatic N) is 4. The number of nitro benzene ring substituents is 1. The van der Waals surface area contributed by atoms with Gasteiger partial charge in [-0.05, 0) is 18.2 Å². The lowest BCUT2D eigenvalue weighted by Crippen LogP contribution is -2.28. The summed E-state index contributed by atoms with van der Waals surface area (Å²) in [6.07, 6.45) is 0. The molecule has 0 aliphatic heterocycles. The summed E-state index contributed by atoms with van der Waals surface area (Å²) in [6, 6.07) is 10.5. The van der Waals surface area contributed by atoms with E-state index in [-0.39, 0.29) is 12.1 Å². The standard InChI is InChI=1S/C17H15FN4O3/c1-20(10-16-19-14-5-3-4-6-15(14)21(16)2)17(23)12-8-7-11(22(24)25)9-13(12)18/h3-9H,10H2,1-2H3. The number of para-hydroxylation sites is 2. The third-order valence-corrected chi connectivity index (χ3v) is 4.00. The van der Waals surface area contributed by atoms with Crippen molar-refractivity contribution in [3.05, 3.63) is 69.8 Å². The Bertz CT molecular complexity index is 983. The Morgan fingerprint density at radius 1 is 1.32 bits per heavy atom. The third kappa shape index (κ3) is 3.06. The highest BCUT2D eigenvalue weighted by molar-refractivity contribution is 5.94. The minimum absolute atomic E-state index is 0.181. The molecule has 8 heteroatoms. The van der Waals surface area contributed by atoms with Gasteiger partial charge >= 0.3 is 0 Å². The number of non-ortho nitro benzene ring substituents is 1. The van der Waals surface area contributed by atoms with Crippen molar-refractivity contribution in [3.8, 4) is 0 Å². The fraction of sp³-hybridized carbons (Fsp3) is 0.176. The van der Waals surface area contributed by atoms with E-state index in [0.29, 0.717) is 5.82 Å². The molecule has 25 heavy (non-hydrogen) atoms. The highest BCUT2D eigenvalue weighted by Gasteiger charge is 2.20. The molecule has 1 amide bonds. The zero-order valence-corrected chi connectivity index (χ0v) is 13.6. The highest BCUT2D eigenvalue weighted by atomic mass is 19.1. The van der Waals surface area contributed by atoms with Gasteiger partial charge in [0.15, 0.2) is 0 Å². The Hall–Kier alpha value is -3.29. The van der Waals surface area contributed by atoms with Crippen LogP contribution in [-0.4, -0.2) is 32.3 Å². The van der Waals surface area contributed by atoms with Crippen LogP contribution in [0.3, 0.4) is 0 Å². The predicted molar refractivity (Wildman–Crippen MR) is 89.6 cm³/mol. The van der Waals surface area contributed by atoms with Crippen LogP contribution in [0.4, 0.5) is 10.1 Å². The Labute approximate surface area is 142 Å². The molecule has 1 aromatic heterocycles. The second kappa shape index (κ2) is 6.31. The van der Waals surface area contributed by atoms with Crippen molar-refractivity contribution in [2.75, 3.05) is 7.05 Å². The Balaban J connectivity index is 1.85. The van der Waals surface area contributed by atoms with E-state index in [2.05, 4.69) is 4.98 Å². The topological polar surface area (TPSA) is 81.3 Å². The summed E-state index contributed by atoms with van der Waals surface area (Å²) in [5, 5.41) is 10.7. The van der Waals surface area contributed by atoms with Gasteiger partial charge in [0.1, 0.15) is 11.6 Å². The molecule has 0 radical (unpaired) electrons. The molecule has 3 rings (SSSR count). The maximum atomic E-state index is 14.0. The summed E-state index contributed by atoms with van der Waals surface area (Å²) in [4.78, 5) is 28.2. The number of aromatic nitrogens is 2. The lowest BCUT2D eigenvalue weighted by molar-refractivity contribution is -0.385. The normalized spacial score (nSPS) is 10.8. The van der Waals surface area contributed by atoms with Crippen LogP contribution in [0.2, 0.25) is 0 Å². The molecule has 3 aromatic rings. The molecule has 0 fully saturated rings. The number of carbonyl (C=O) groups is 1. The molecule has 0 aliphatic rings. The molecule has 0 spiro atoms. The number of aryl methyl sites for hydroxylation is 1. The van der Waals surface area contributed by atoms with E-state index in [1.165, 1.54) is 11.9 Å². The minimum Gasteiger partial charge on any atom is -0.334 e. The summed E-state index contributed by atoms with van der Waals surface area (Å²) in [5.74, 6) is -0.838. The zero-order chi connectivity index (χ0) is 18.1. The Kier molecular flexibility index (Phi) is 4.18. The van der Waals surface area contributed by atoms with Gasteiger partial charge in [-0.1, -0.05) is 12.1 Å². The van der Waals surface area contributed by atoms with Gasteiger partial charge in [-0.25, -0.2) is 9.37 Å². The van der Waals surface area contributed by atoms with E-state index in [4.69, 9.17) is 0 Å². The monoisotopic (exact) mass is 342 g/mol.